The number of benzene rings is 1. The normalized spacial score (nSPS) is 20.5. The fraction of sp³-hybridized carbons (Fsp3) is 0.462. The van der Waals surface area contributed by atoms with Crippen LogP contribution in [0.5, 0.6) is 0 Å². The molecule has 1 saturated heterocycles. The van der Waals surface area contributed by atoms with Gasteiger partial charge in [-0.3, -0.25) is 4.90 Å². The monoisotopic (exact) mass is 348 g/mol. The first-order chi connectivity index (χ1) is 8.99. The molecule has 1 aromatic carbocycles. The number of nitrogens with zero attached hydrogens (tertiary/aromatic N) is 1. The van der Waals surface area contributed by atoms with Gasteiger partial charge in [0.1, 0.15) is 11.6 Å². The summed E-state index contributed by atoms with van der Waals surface area (Å²) in [5.41, 5.74) is 5.75. The van der Waals surface area contributed by atoms with E-state index in [0.29, 0.717) is 11.5 Å². The fourth-order valence-corrected chi connectivity index (χ4v) is 2.93. The minimum absolute atomic E-state index is 0.0953. The van der Waals surface area contributed by atoms with Crippen LogP contribution in [0, 0.1) is 17.6 Å². The maximum absolute atomic E-state index is 13.9. The highest BCUT2D eigenvalue weighted by Gasteiger charge is 2.24. The van der Waals surface area contributed by atoms with Crippen molar-refractivity contribution in [3.05, 3.63) is 33.8 Å². The van der Waals surface area contributed by atoms with Gasteiger partial charge in [0, 0.05) is 24.6 Å². The van der Waals surface area contributed by atoms with Gasteiger partial charge in [0.05, 0.1) is 9.46 Å². The molecule has 2 N–H and O–H groups in total. The largest absolute Gasteiger partial charge is 0.393 e. The summed E-state index contributed by atoms with van der Waals surface area (Å²) in [4.78, 5) is 2.49. The molecule has 0 aliphatic carbocycles. The lowest BCUT2D eigenvalue weighted by atomic mass is 9.97. The third-order valence-corrected chi connectivity index (χ3v) is 4.37. The lowest BCUT2D eigenvalue weighted by molar-refractivity contribution is 0.192. The van der Waals surface area contributed by atoms with Crippen LogP contribution in [0.2, 0.25) is 0 Å². The molecule has 104 valence electrons. The zero-order valence-electron chi connectivity index (χ0n) is 10.3. The van der Waals surface area contributed by atoms with Crippen molar-refractivity contribution >= 4 is 33.1 Å². The summed E-state index contributed by atoms with van der Waals surface area (Å²) in [7, 11) is 0. The smallest absolute Gasteiger partial charge is 0.144 e. The Kier molecular flexibility index (Phi) is 4.86. The number of piperidine rings is 1. The number of halogens is 3. The van der Waals surface area contributed by atoms with Crippen LogP contribution < -0.4 is 5.73 Å². The van der Waals surface area contributed by atoms with E-state index < -0.39 is 11.6 Å². The van der Waals surface area contributed by atoms with Gasteiger partial charge in [-0.15, -0.1) is 0 Å². The van der Waals surface area contributed by atoms with E-state index in [9.17, 15) is 8.78 Å². The highest BCUT2D eigenvalue weighted by molar-refractivity contribution is 9.10. The minimum atomic E-state index is -0.530. The van der Waals surface area contributed by atoms with Crippen LogP contribution in [0.3, 0.4) is 0 Å². The molecule has 0 aromatic heterocycles. The van der Waals surface area contributed by atoms with Crippen molar-refractivity contribution in [1.82, 2.24) is 4.90 Å². The minimum Gasteiger partial charge on any atom is -0.393 e. The molecule has 1 atom stereocenters. The van der Waals surface area contributed by atoms with Crippen LogP contribution in [0.15, 0.2) is 16.6 Å². The summed E-state index contributed by atoms with van der Waals surface area (Å²) < 4.78 is 27.9. The standard InChI is InChI=1S/C13H15BrF2N2S/c14-10-3-4-11(15)9(12(10)16)7-18-5-1-2-8(6-18)13(17)19/h3-4,8H,1-2,5-7H2,(H2,17,19). The van der Waals surface area contributed by atoms with Crippen molar-refractivity contribution < 1.29 is 8.78 Å². The number of rotatable bonds is 3. The Morgan fingerprint density at radius 2 is 2.21 bits per heavy atom. The molecule has 2 nitrogen and oxygen atoms in total. The molecule has 1 aliphatic heterocycles. The molecule has 1 aromatic rings. The van der Waals surface area contributed by atoms with Crippen LogP contribution in [0.1, 0.15) is 18.4 Å². The summed E-state index contributed by atoms with van der Waals surface area (Å²) >= 11 is 8.08. The fourth-order valence-electron chi connectivity index (χ4n) is 2.37. The third kappa shape index (κ3) is 3.49. The molecule has 2 rings (SSSR count). The first-order valence-corrected chi connectivity index (χ1v) is 7.33. The van der Waals surface area contributed by atoms with Gasteiger partial charge in [0.25, 0.3) is 0 Å². The first kappa shape index (κ1) is 14.8. The molecule has 19 heavy (non-hydrogen) atoms. The second-order valence-corrected chi connectivity index (χ2v) is 6.12. The zero-order valence-corrected chi connectivity index (χ0v) is 12.7. The van der Waals surface area contributed by atoms with Crippen LogP contribution in [-0.2, 0) is 6.54 Å². The number of hydrogen-bond acceptors (Lipinski definition) is 2. The number of thiocarbonyl (C=S) groups is 1. The predicted octanol–water partition coefficient (Wildman–Crippen LogP) is 3.23. The molecule has 0 amide bonds. The van der Waals surface area contributed by atoms with E-state index in [-0.39, 0.29) is 22.5 Å². The topological polar surface area (TPSA) is 29.3 Å². The van der Waals surface area contributed by atoms with Crippen molar-refractivity contribution in [3.63, 3.8) is 0 Å². The Hall–Kier alpha value is -0.590. The number of likely N-dealkylation sites (tertiary alicyclic amines) is 1. The molecule has 1 aliphatic rings. The Bertz CT molecular complexity index is 496. The van der Waals surface area contributed by atoms with E-state index in [0.717, 1.165) is 19.4 Å². The van der Waals surface area contributed by atoms with Crippen molar-refractivity contribution in [2.24, 2.45) is 11.7 Å². The molecule has 0 spiro atoms. The summed E-state index contributed by atoms with van der Waals surface area (Å²) in [6, 6.07) is 2.65. The van der Waals surface area contributed by atoms with E-state index >= 15 is 0 Å². The van der Waals surface area contributed by atoms with Crippen LogP contribution in [0.4, 0.5) is 8.78 Å². The average molecular weight is 349 g/mol. The zero-order chi connectivity index (χ0) is 14.0. The number of hydrogen-bond donors (Lipinski definition) is 1. The van der Waals surface area contributed by atoms with Gasteiger partial charge in [-0.05, 0) is 47.4 Å². The van der Waals surface area contributed by atoms with Gasteiger partial charge < -0.3 is 5.73 Å². The summed E-state index contributed by atoms with van der Waals surface area (Å²) in [6.45, 7) is 1.72. The second-order valence-electron chi connectivity index (χ2n) is 4.80. The molecule has 6 heteroatoms. The van der Waals surface area contributed by atoms with E-state index in [4.69, 9.17) is 18.0 Å². The molecule has 0 saturated carbocycles. The van der Waals surface area contributed by atoms with Crippen molar-refractivity contribution in [1.29, 1.82) is 0 Å². The third-order valence-electron chi connectivity index (χ3n) is 3.43. The van der Waals surface area contributed by atoms with Crippen molar-refractivity contribution in [3.8, 4) is 0 Å². The molecule has 0 radical (unpaired) electrons. The maximum Gasteiger partial charge on any atom is 0.144 e. The van der Waals surface area contributed by atoms with Gasteiger partial charge in [-0.25, -0.2) is 8.78 Å². The Balaban J connectivity index is 2.13. The van der Waals surface area contributed by atoms with Crippen LogP contribution >= 0.6 is 28.1 Å². The summed E-state index contributed by atoms with van der Waals surface area (Å²) in [6.07, 6.45) is 1.90. The predicted molar refractivity (Wildman–Crippen MR) is 78.8 cm³/mol. The van der Waals surface area contributed by atoms with Gasteiger partial charge in [0.15, 0.2) is 0 Å². The Morgan fingerprint density at radius 1 is 1.47 bits per heavy atom. The SMILES string of the molecule is NC(=S)C1CCCN(Cc2c(F)ccc(Br)c2F)C1. The number of nitrogens with two attached hydrogens (primary N) is 1. The molecule has 0 bridgehead atoms. The molecular weight excluding hydrogens is 334 g/mol. The van der Waals surface area contributed by atoms with E-state index in [1.165, 1.54) is 12.1 Å². The van der Waals surface area contributed by atoms with Crippen molar-refractivity contribution in [2.45, 2.75) is 19.4 Å². The summed E-state index contributed by atoms with van der Waals surface area (Å²) in [5, 5.41) is 0. The van der Waals surface area contributed by atoms with E-state index in [1.54, 1.807) is 0 Å². The molecular formula is C13H15BrF2N2S. The molecule has 1 unspecified atom stereocenters. The lowest BCUT2D eigenvalue weighted by Gasteiger charge is -2.32. The highest BCUT2D eigenvalue weighted by atomic mass is 79.9. The van der Waals surface area contributed by atoms with Gasteiger partial charge in [-0.1, -0.05) is 12.2 Å². The average Bonchev–Trinajstić information content (AvgIpc) is 2.39. The van der Waals surface area contributed by atoms with Crippen LogP contribution in [0.25, 0.3) is 0 Å². The van der Waals surface area contributed by atoms with Gasteiger partial charge in [0.2, 0.25) is 0 Å². The van der Waals surface area contributed by atoms with Crippen LogP contribution in [-0.4, -0.2) is 23.0 Å². The van der Waals surface area contributed by atoms with Gasteiger partial charge in [-0.2, -0.15) is 0 Å². The quantitative estimate of drug-likeness (QED) is 0.671. The Labute approximate surface area is 125 Å². The maximum atomic E-state index is 13.9. The summed E-state index contributed by atoms with van der Waals surface area (Å²) in [5.74, 6) is -0.905. The highest BCUT2D eigenvalue weighted by Crippen LogP contribution is 2.25. The van der Waals surface area contributed by atoms with Crippen molar-refractivity contribution in [2.75, 3.05) is 13.1 Å². The molecule has 1 heterocycles. The van der Waals surface area contributed by atoms with E-state index in [1.807, 2.05) is 4.90 Å². The lowest BCUT2D eigenvalue weighted by Crippen LogP contribution is -2.40. The van der Waals surface area contributed by atoms with E-state index in [2.05, 4.69) is 15.9 Å². The Morgan fingerprint density at radius 3 is 2.89 bits per heavy atom. The van der Waals surface area contributed by atoms with Gasteiger partial charge >= 0.3 is 0 Å². The second kappa shape index (κ2) is 6.24. The molecule has 1 fully saturated rings. The first-order valence-electron chi connectivity index (χ1n) is 6.13.